The second kappa shape index (κ2) is 6.10. The Hall–Kier alpha value is 0.246. The van der Waals surface area contributed by atoms with Crippen LogP contribution in [-0.2, 0) is 17.4 Å². The first-order valence-electron chi connectivity index (χ1n) is 3.83. The maximum Gasteiger partial charge on any atom is 1.00 e. The van der Waals surface area contributed by atoms with Crippen molar-refractivity contribution in [2.75, 3.05) is 0 Å². The van der Waals surface area contributed by atoms with Crippen molar-refractivity contribution < 1.29 is 69.4 Å². The molecule has 0 aliphatic rings. The van der Waals surface area contributed by atoms with Crippen LogP contribution in [0.4, 0.5) is 13.2 Å². The van der Waals surface area contributed by atoms with E-state index in [9.17, 15) is 18.0 Å². The van der Waals surface area contributed by atoms with Gasteiger partial charge in [0.15, 0.2) is 0 Å². The summed E-state index contributed by atoms with van der Waals surface area (Å²) in [7, 11) is 0. The Kier molecular flexibility index (Phi) is 6.20. The molecule has 0 atom stereocenters. The summed E-state index contributed by atoms with van der Waals surface area (Å²) in [5.41, 5.74) is -0.0756. The molecule has 0 amide bonds. The number of rotatable bonds is 2. The van der Waals surface area contributed by atoms with E-state index in [2.05, 4.69) is 4.98 Å². The summed E-state index contributed by atoms with van der Waals surface area (Å²) in [5.74, 6) is 0. The minimum Gasteiger partial charge on any atom is -0.541 e. The molecule has 76 valence electrons. The maximum atomic E-state index is 12.1. The zero-order chi connectivity index (χ0) is 10.8. The van der Waals surface area contributed by atoms with Crippen molar-refractivity contribution in [2.24, 2.45) is 0 Å². The molecule has 0 fully saturated rings. The number of hydrogen-bond donors (Lipinski definition) is 0. The number of halogens is 3. The van der Waals surface area contributed by atoms with Crippen LogP contribution < -0.4 is 51.4 Å². The Bertz CT molecular complexity index is 352. The molecule has 15 heavy (non-hydrogen) atoms. The molecule has 1 aromatic rings. The molecule has 0 aliphatic carbocycles. The molecular weight excluding hydrogens is 234 g/mol. The summed E-state index contributed by atoms with van der Waals surface area (Å²) in [4.78, 5) is 13.3. The molecule has 0 spiro atoms. The van der Waals surface area contributed by atoms with Crippen LogP contribution in [0.5, 0.6) is 0 Å². The minimum absolute atomic E-state index is 0. The van der Waals surface area contributed by atoms with Gasteiger partial charge in [-0.05, 0) is 18.6 Å². The summed E-state index contributed by atoms with van der Waals surface area (Å²) in [5, 5.41) is 0. The number of aromatic nitrogens is 1. The van der Waals surface area contributed by atoms with Gasteiger partial charge in [0.25, 0.3) is 0 Å². The van der Waals surface area contributed by atoms with Crippen molar-refractivity contribution in [3.8, 4) is 0 Å². The molecule has 0 aromatic carbocycles. The van der Waals surface area contributed by atoms with Crippen molar-refractivity contribution in [2.45, 2.75) is 19.5 Å². The summed E-state index contributed by atoms with van der Waals surface area (Å²) in [6.07, 6.45) is -1.80. The van der Waals surface area contributed by atoms with Crippen LogP contribution in [0.15, 0.2) is 12.3 Å². The average Bonchev–Trinajstić information content (AvgIpc) is 2.07. The second-order valence-corrected chi connectivity index (χ2v) is 2.81. The smallest absolute Gasteiger partial charge is 0.541 e. The number of aryl methyl sites for hydroxylation is 1. The summed E-state index contributed by atoms with van der Waals surface area (Å²) < 4.78 is 36.4. The Morgan fingerprint density at radius 2 is 2.07 bits per heavy atom. The zero-order valence-corrected chi connectivity index (χ0v) is 11.5. The maximum absolute atomic E-state index is 12.1. The predicted molar refractivity (Wildman–Crippen MR) is 43.4 cm³/mol. The first-order valence-corrected chi connectivity index (χ1v) is 3.83. The molecule has 1 heterocycles. The van der Waals surface area contributed by atoms with Crippen LogP contribution in [0.2, 0.25) is 0 Å². The van der Waals surface area contributed by atoms with Gasteiger partial charge in [-0.3, -0.25) is 11.3 Å². The van der Waals surface area contributed by atoms with E-state index in [-0.39, 0.29) is 57.8 Å². The van der Waals surface area contributed by atoms with E-state index in [1.807, 2.05) is 0 Å². The van der Waals surface area contributed by atoms with E-state index in [0.717, 1.165) is 12.3 Å². The molecule has 0 unspecified atom stereocenters. The van der Waals surface area contributed by atoms with E-state index in [1.54, 1.807) is 6.29 Å². The number of carbonyl (C=O) groups excluding carboxylic acids is 1. The van der Waals surface area contributed by atoms with Gasteiger partial charge in [0, 0.05) is 6.20 Å². The number of alkyl halides is 3. The minimum atomic E-state index is -4.44. The molecule has 6 heteroatoms. The van der Waals surface area contributed by atoms with E-state index in [1.165, 1.54) is 6.92 Å². The first kappa shape index (κ1) is 15.2. The molecule has 0 N–H and O–H groups in total. The van der Waals surface area contributed by atoms with Gasteiger partial charge >= 0.3 is 57.6 Å². The standard InChI is InChI=1S/C9H7F3NO.K/c1-6-4-8(9(10,11)12)13-5-7(6)2-3-14;/h4-5H,2H2,1H3;/q-1;+1. The fourth-order valence-corrected chi connectivity index (χ4v) is 1.00. The molecule has 1 aromatic heterocycles. The summed E-state index contributed by atoms with van der Waals surface area (Å²) in [6, 6.07) is 0.923. The average molecular weight is 241 g/mol. The van der Waals surface area contributed by atoms with Crippen LogP contribution in [-0.4, -0.2) is 11.3 Å². The van der Waals surface area contributed by atoms with E-state index in [0.29, 0.717) is 11.1 Å². The third-order valence-electron chi connectivity index (χ3n) is 1.77. The van der Waals surface area contributed by atoms with E-state index in [4.69, 9.17) is 0 Å². The molecular formula is C9H7F3KNO. The van der Waals surface area contributed by atoms with Crippen LogP contribution in [0, 0.1) is 6.92 Å². The van der Waals surface area contributed by atoms with Crippen molar-refractivity contribution in [1.29, 1.82) is 0 Å². The van der Waals surface area contributed by atoms with Gasteiger partial charge in [-0.1, -0.05) is 5.56 Å². The third kappa shape index (κ3) is 4.32. The van der Waals surface area contributed by atoms with Gasteiger partial charge in [0.05, 0.1) is 0 Å². The SMILES string of the molecule is Cc1cc(C(F)(F)F)ncc1C[C-]=O.[K+]. The largest absolute Gasteiger partial charge is 1.00 e. The van der Waals surface area contributed by atoms with Gasteiger partial charge in [-0.25, -0.2) is 0 Å². The molecule has 0 aliphatic heterocycles. The molecule has 2 nitrogen and oxygen atoms in total. The molecule has 0 radical (unpaired) electrons. The first-order chi connectivity index (χ1) is 6.45. The Morgan fingerprint density at radius 1 is 1.47 bits per heavy atom. The number of nitrogens with zero attached hydrogens (tertiary/aromatic N) is 1. The van der Waals surface area contributed by atoms with Crippen LogP contribution in [0.25, 0.3) is 0 Å². The van der Waals surface area contributed by atoms with Gasteiger partial charge in [0.2, 0.25) is 0 Å². The van der Waals surface area contributed by atoms with Crippen molar-refractivity contribution in [3.63, 3.8) is 0 Å². The number of pyridine rings is 1. The van der Waals surface area contributed by atoms with Crippen molar-refractivity contribution in [3.05, 3.63) is 29.1 Å². The molecule has 0 bridgehead atoms. The van der Waals surface area contributed by atoms with Crippen LogP contribution >= 0.6 is 0 Å². The third-order valence-corrected chi connectivity index (χ3v) is 1.77. The fraction of sp³-hybridized carbons (Fsp3) is 0.333. The predicted octanol–water partition coefficient (Wildman–Crippen LogP) is -0.935. The van der Waals surface area contributed by atoms with E-state index < -0.39 is 11.9 Å². The molecule has 0 saturated carbocycles. The normalized spacial score (nSPS) is 10.7. The Balaban J connectivity index is 0.00000196. The van der Waals surface area contributed by atoms with Gasteiger partial charge < -0.3 is 4.79 Å². The topological polar surface area (TPSA) is 30.0 Å². The quantitative estimate of drug-likeness (QED) is 0.494. The molecule has 1 rings (SSSR count). The van der Waals surface area contributed by atoms with Gasteiger partial charge in [-0.2, -0.15) is 13.2 Å². The van der Waals surface area contributed by atoms with Crippen LogP contribution in [0.3, 0.4) is 0 Å². The van der Waals surface area contributed by atoms with Crippen molar-refractivity contribution >= 4 is 6.29 Å². The molecule has 0 saturated heterocycles. The van der Waals surface area contributed by atoms with Crippen LogP contribution in [0.1, 0.15) is 16.8 Å². The Morgan fingerprint density at radius 3 is 2.47 bits per heavy atom. The van der Waals surface area contributed by atoms with Gasteiger partial charge in [0.1, 0.15) is 5.69 Å². The fourth-order valence-electron chi connectivity index (χ4n) is 1.00. The summed E-state index contributed by atoms with van der Waals surface area (Å²) >= 11 is 0. The summed E-state index contributed by atoms with van der Waals surface area (Å²) in [6.45, 7) is 1.50. The van der Waals surface area contributed by atoms with E-state index >= 15 is 0 Å². The Labute approximate surface area is 128 Å². The van der Waals surface area contributed by atoms with Gasteiger partial charge in [-0.15, -0.1) is 6.42 Å². The second-order valence-electron chi connectivity index (χ2n) is 2.81. The number of hydrogen-bond acceptors (Lipinski definition) is 2. The zero-order valence-electron chi connectivity index (χ0n) is 8.35. The van der Waals surface area contributed by atoms with Crippen molar-refractivity contribution in [1.82, 2.24) is 4.98 Å². The monoisotopic (exact) mass is 241 g/mol.